The molecule has 7 nitrogen and oxygen atoms in total. The number of aliphatic imine (C=N–C) groups is 1. The Morgan fingerprint density at radius 1 is 1.18 bits per heavy atom. The summed E-state index contributed by atoms with van der Waals surface area (Å²) < 4.78 is 30.1. The Bertz CT molecular complexity index is 1300. The second-order valence-electron chi connectivity index (χ2n) is 8.81. The number of urea groups is 1. The molecule has 1 unspecified atom stereocenters. The number of nitrogens with zero attached hydrogens (tertiary/aromatic N) is 4. The van der Waals surface area contributed by atoms with Crippen LogP contribution >= 0.6 is 11.8 Å². The van der Waals surface area contributed by atoms with Crippen LogP contribution in [0.1, 0.15) is 31.4 Å². The van der Waals surface area contributed by atoms with Crippen molar-refractivity contribution in [3.63, 3.8) is 0 Å². The summed E-state index contributed by atoms with van der Waals surface area (Å²) in [4.78, 5) is 46.4. The summed E-state index contributed by atoms with van der Waals surface area (Å²) in [5.41, 5.74) is -1.30. The molecule has 2 aromatic rings. The fourth-order valence-electron chi connectivity index (χ4n) is 4.06. The van der Waals surface area contributed by atoms with E-state index in [0.717, 1.165) is 21.9 Å². The topological polar surface area (TPSA) is 73.3 Å². The van der Waals surface area contributed by atoms with Crippen LogP contribution in [0.4, 0.5) is 19.3 Å². The molecular formula is C28H28F2N4O3S. The molecule has 1 saturated heterocycles. The average Bonchev–Trinajstić information content (AvgIpc) is 2.88. The third-order valence-electron chi connectivity index (χ3n) is 6.13. The second kappa shape index (κ2) is 12.5. The van der Waals surface area contributed by atoms with Gasteiger partial charge in [0.25, 0.3) is 0 Å². The van der Waals surface area contributed by atoms with Crippen LogP contribution in [0.25, 0.3) is 0 Å². The Kier molecular flexibility index (Phi) is 9.42. The predicted octanol–water partition coefficient (Wildman–Crippen LogP) is 4.67. The average molecular weight is 539 g/mol. The van der Waals surface area contributed by atoms with Gasteiger partial charge in [0.15, 0.2) is 11.6 Å². The molecule has 3 rings (SSSR count). The number of allylic oxidation sites excluding steroid dienone is 1. The van der Waals surface area contributed by atoms with Crippen molar-refractivity contribution in [1.82, 2.24) is 9.80 Å². The molecule has 3 amide bonds. The van der Waals surface area contributed by atoms with E-state index >= 15 is 8.78 Å². The van der Waals surface area contributed by atoms with Crippen LogP contribution < -0.4 is 4.90 Å². The molecule has 0 spiro atoms. The lowest BCUT2D eigenvalue weighted by atomic mass is 9.92. The van der Waals surface area contributed by atoms with Gasteiger partial charge in [-0.25, -0.2) is 13.6 Å². The molecule has 0 bridgehead atoms. The standard InChI is InChI=1S/C28H28F2N4O3S/c1-20(18-31-3)38-19-33-13-14-34(28(2,12-15-35)26(33)36)27(37)32(4)25-23(29)16-22(17-24(25)30)11-10-21-8-6-5-7-9-21/h5-9,15-18H,3,12-14,19H2,1-2,4H3/b20-18-. The normalized spacial score (nSPS) is 17.5. The lowest BCUT2D eigenvalue weighted by molar-refractivity contribution is -0.147. The molecule has 1 aliphatic heterocycles. The summed E-state index contributed by atoms with van der Waals surface area (Å²) >= 11 is 1.37. The van der Waals surface area contributed by atoms with E-state index in [9.17, 15) is 14.4 Å². The minimum absolute atomic E-state index is 0.0756. The van der Waals surface area contributed by atoms with Gasteiger partial charge in [0.2, 0.25) is 5.91 Å². The quantitative estimate of drug-likeness (QED) is 0.292. The van der Waals surface area contributed by atoms with Crippen molar-refractivity contribution in [2.45, 2.75) is 25.8 Å². The monoisotopic (exact) mass is 538 g/mol. The number of aldehydes is 1. The number of carbonyl (C=O) groups is 3. The fraction of sp³-hybridized carbons (Fsp3) is 0.286. The van der Waals surface area contributed by atoms with E-state index in [1.165, 1.54) is 30.6 Å². The molecule has 1 heterocycles. The maximum atomic E-state index is 15.1. The van der Waals surface area contributed by atoms with Gasteiger partial charge in [0.1, 0.15) is 17.5 Å². The van der Waals surface area contributed by atoms with Gasteiger partial charge in [0, 0.05) is 48.8 Å². The first-order chi connectivity index (χ1) is 18.1. The largest absolute Gasteiger partial charge is 0.329 e. The number of carbonyl (C=O) groups excluding carboxylic acids is 3. The highest BCUT2D eigenvalue weighted by Crippen LogP contribution is 2.32. The molecule has 10 heteroatoms. The number of rotatable bonds is 7. The predicted molar refractivity (Wildman–Crippen MR) is 146 cm³/mol. The Balaban J connectivity index is 1.84. The molecule has 2 aromatic carbocycles. The zero-order valence-corrected chi connectivity index (χ0v) is 22.2. The Morgan fingerprint density at radius 3 is 2.42 bits per heavy atom. The summed E-state index contributed by atoms with van der Waals surface area (Å²) in [6.45, 7) is 6.97. The number of piperazine rings is 1. The number of benzene rings is 2. The van der Waals surface area contributed by atoms with Crippen molar-refractivity contribution in [2.75, 3.05) is 30.9 Å². The van der Waals surface area contributed by atoms with Crippen LogP contribution in [0, 0.1) is 23.5 Å². The Morgan fingerprint density at radius 2 is 1.82 bits per heavy atom. The first kappa shape index (κ1) is 28.6. The van der Waals surface area contributed by atoms with E-state index in [4.69, 9.17) is 0 Å². The van der Waals surface area contributed by atoms with Crippen molar-refractivity contribution in [1.29, 1.82) is 0 Å². The third-order valence-corrected chi connectivity index (χ3v) is 7.14. The van der Waals surface area contributed by atoms with Gasteiger partial charge in [-0.3, -0.25) is 14.7 Å². The van der Waals surface area contributed by atoms with Crippen LogP contribution in [0.15, 0.2) is 58.6 Å². The first-order valence-electron chi connectivity index (χ1n) is 11.7. The number of hydrogen-bond donors (Lipinski definition) is 0. The molecule has 38 heavy (non-hydrogen) atoms. The van der Waals surface area contributed by atoms with E-state index in [0.29, 0.717) is 11.8 Å². The van der Waals surface area contributed by atoms with Gasteiger partial charge in [-0.15, -0.1) is 11.8 Å². The molecule has 1 aliphatic rings. The number of hydrogen-bond acceptors (Lipinski definition) is 5. The minimum Gasteiger partial charge on any atom is -0.329 e. The zero-order chi connectivity index (χ0) is 27.9. The molecule has 0 radical (unpaired) electrons. The smallest absolute Gasteiger partial charge is 0.325 e. The molecular weight excluding hydrogens is 510 g/mol. The molecule has 198 valence electrons. The summed E-state index contributed by atoms with van der Waals surface area (Å²) in [5, 5.41) is 0. The van der Waals surface area contributed by atoms with Gasteiger partial charge in [0.05, 0.1) is 5.88 Å². The van der Waals surface area contributed by atoms with Gasteiger partial charge >= 0.3 is 6.03 Å². The second-order valence-corrected chi connectivity index (χ2v) is 10.00. The number of thioether (sulfide) groups is 1. The van der Waals surface area contributed by atoms with Gasteiger partial charge in [-0.1, -0.05) is 30.0 Å². The summed E-state index contributed by atoms with van der Waals surface area (Å²) in [6.07, 6.45) is 1.85. The zero-order valence-electron chi connectivity index (χ0n) is 21.4. The fourth-order valence-corrected chi connectivity index (χ4v) is 4.82. The highest BCUT2D eigenvalue weighted by Gasteiger charge is 2.48. The van der Waals surface area contributed by atoms with E-state index in [-0.39, 0.29) is 31.0 Å². The van der Waals surface area contributed by atoms with Crippen molar-refractivity contribution in [3.8, 4) is 11.8 Å². The Hall–Kier alpha value is -3.97. The maximum absolute atomic E-state index is 15.1. The summed E-state index contributed by atoms with van der Waals surface area (Å²) in [5.74, 6) is 3.46. The highest BCUT2D eigenvalue weighted by molar-refractivity contribution is 8.03. The number of halogens is 2. The highest BCUT2D eigenvalue weighted by atomic mass is 32.2. The molecule has 0 aromatic heterocycles. The van der Waals surface area contributed by atoms with Crippen molar-refractivity contribution < 1.29 is 23.2 Å². The van der Waals surface area contributed by atoms with Crippen molar-refractivity contribution >= 4 is 42.4 Å². The summed E-state index contributed by atoms with van der Waals surface area (Å²) in [6, 6.07) is 10.3. The van der Waals surface area contributed by atoms with Gasteiger partial charge in [-0.05, 0) is 44.8 Å². The lowest BCUT2D eigenvalue weighted by Crippen LogP contribution is -2.67. The Labute approximate surface area is 225 Å². The number of anilines is 1. The van der Waals surface area contributed by atoms with Crippen LogP contribution in [0.2, 0.25) is 0 Å². The van der Waals surface area contributed by atoms with E-state index in [1.54, 1.807) is 35.4 Å². The van der Waals surface area contributed by atoms with E-state index in [1.807, 2.05) is 13.0 Å². The number of amides is 3. The van der Waals surface area contributed by atoms with Crippen LogP contribution in [-0.4, -0.2) is 66.3 Å². The SMILES string of the molecule is C=N/C=C(/C)SCN1CCN(C(=O)N(C)c2c(F)cc(C#Cc3ccccc3)cc2F)C(C)(CC=O)C1=O. The molecule has 1 atom stereocenters. The van der Waals surface area contributed by atoms with E-state index < -0.39 is 34.8 Å². The molecule has 1 fully saturated rings. The first-order valence-corrected chi connectivity index (χ1v) is 12.7. The van der Waals surface area contributed by atoms with E-state index in [2.05, 4.69) is 23.6 Å². The molecule has 0 aliphatic carbocycles. The van der Waals surface area contributed by atoms with Gasteiger partial charge in [-0.2, -0.15) is 0 Å². The van der Waals surface area contributed by atoms with Crippen LogP contribution in [0.5, 0.6) is 0 Å². The lowest BCUT2D eigenvalue weighted by Gasteiger charge is -2.47. The maximum Gasteiger partial charge on any atom is 0.325 e. The van der Waals surface area contributed by atoms with Gasteiger partial charge < -0.3 is 14.6 Å². The summed E-state index contributed by atoms with van der Waals surface area (Å²) in [7, 11) is 1.23. The third kappa shape index (κ3) is 6.29. The van der Waals surface area contributed by atoms with Crippen LogP contribution in [0.3, 0.4) is 0 Å². The minimum atomic E-state index is -1.52. The molecule has 0 saturated carbocycles. The van der Waals surface area contributed by atoms with Crippen LogP contribution in [-0.2, 0) is 9.59 Å². The van der Waals surface area contributed by atoms with Crippen molar-refractivity contribution in [3.05, 3.63) is 76.3 Å². The van der Waals surface area contributed by atoms with Crippen molar-refractivity contribution in [2.24, 2.45) is 4.99 Å². The molecule has 0 N–H and O–H groups in total.